The fourth-order valence-electron chi connectivity index (χ4n) is 3.19. The molecule has 0 amide bonds. The van der Waals surface area contributed by atoms with Crippen LogP contribution in [0.15, 0.2) is 54.9 Å². The second-order valence-corrected chi connectivity index (χ2v) is 6.47. The van der Waals surface area contributed by atoms with E-state index in [1.807, 2.05) is 30.6 Å². The van der Waals surface area contributed by atoms with Crippen molar-refractivity contribution in [1.29, 1.82) is 0 Å². The Bertz CT molecular complexity index is 829. The maximum atomic E-state index is 6.36. The van der Waals surface area contributed by atoms with Crippen molar-refractivity contribution >= 4 is 28.2 Å². The molecule has 0 N–H and O–H groups in total. The van der Waals surface area contributed by atoms with Crippen molar-refractivity contribution in [2.45, 2.75) is 6.54 Å². The zero-order valence-corrected chi connectivity index (χ0v) is 14.2. The van der Waals surface area contributed by atoms with Crippen molar-refractivity contribution in [2.24, 2.45) is 0 Å². The van der Waals surface area contributed by atoms with E-state index in [1.54, 1.807) is 0 Å². The minimum absolute atomic E-state index is 0.585. The monoisotopic (exact) mass is 338 g/mol. The second-order valence-electron chi connectivity index (χ2n) is 6.11. The minimum Gasteiger partial charge on any atom is -0.354 e. The summed E-state index contributed by atoms with van der Waals surface area (Å²) in [5, 5.41) is 2.74. The van der Waals surface area contributed by atoms with Gasteiger partial charge in [-0.15, -0.1) is 0 Å². The van der Waals surface area contributed by atoms with Crippen molar-refractivity contribution in [1.82, 2.24) is 14.9 Å². The van der Waals surface area contributed by atoms with Crippen LogP contribution in [0.3, 0.4) is 0 Å². The van der Waals surface area contributed by atoms with Crippen LogP contribution in [0, 0.1) is 0 Å². The number of anilines is 1. The Balaban J connectivity index is 1.46. The van der Waals surface area contributed by atoms with Gasteiger partial charge in [-0.3, -0.25) is 9.88 Å². The van der Waals surface area contributed by atoms with Gasteiger partial charge in [0.15, 0.2) is 0 Å². The van der Waals surface area contributed by atoms with Gasteiger partial charge in [0.2, 0.25) is 0 Å². The Kier molecular flexibility index (Phi) is 4.32. The Morgan fingerprint density at radius 3 is 2.50 bits per heavy atom. The standard InChI is InChI=1S/C19H19ClN4/c20-19-17-4-2-1-3-16(17)13-18(22-19)24-11-9-23(10-12-24)14-15-5-7-21-8-6-15/h1-8,13H,9-12,14H2. The van der Waals surface area contributed by atoms with Gasteiger partial charge < -0.3 is 4.90 Å². The molecule has 1 saturated heterocycles. The highest BCUT2D eigenvalue weighted by atomic mass is 35.5. The molecule has 0 saturated carbocycles. The van der Waals surface area contributed by atoms with Gasteiger partial charge in [-0.05, 0) is 29.1 Å². The third kappa shape index (κ3) is 3.21. The van der Waals surface area contributed by atoms with Crippen LogP contribution in [0.1, 0.15) is 5.56 Å². The lowest BCUT2D eigenvalue weighted by Gasteiger charge is -2.35. The Morgan fingerprint density at radius 1 is 0.958 bits per heavy atom. The number of hydrogen-bond donors (Lipinski definition) is 0. The average Bonchev–Trinajstić information content (AvgIpc) is 2.63. The van der Waals surface area contributed by atoms with Crippen LogP contribution in [0.2, 0.25) is 5.15 Å². The minimum atomic E-state index is 0.585. The van der Waals surface area contributed by atoms with E-state index in [0.29, 0.717) is 5.15 Å². The van der Waals surface area contributed by atoms with Crippen LogP contribution in [0.25, 0.3) is 10.8 Å². The highest BCUT2D eigenvalue weighted by Crippen LogP contribution is 2.26. The lowest BCUT2D eigenvalue weighted by Crippen LogP contribution is -2.46. The number of pyridine rings is 2. The zero-order chi connectivity index (χ0) is 16.4. The molecule has 0 bridgehead atoms. The number of piperazine rings is 1. The van der Waals surface area contributed by atoms with Gasteiger partial charge in [0.1, 0.15) is 11.0 Å². The van der Waals surface area contributed by atoms with Gasteiger partial charge in [-0.1, -0.05) is 35.9 Å². The first-order valence-electron chi connectivity index (χ1n) is 8.21. The van der Waals surface area contributed by atoms with Crippen LogP contribution in [-0.4, -0.2) is 41.0 Å². The fourth-order valence-corrected chi connectivity index (χ4v) is 3.45. The number of rotatable bonds is 3. The summed E-state index contributed by atoms with van der Waals surface area (Å²) in [5.74, 6) is 0.974. The van der Waals surface area contributed by atoms with E-state index < -0.39 is 0 Å². The summed E-state index contributed by atoms with van der Waals surface area (Å²) in [5.41, 5.74) is 1.31. The summed E-state index contributed by atoms with van der Waals surface area (Å²) in [4.78, 5) is 13.5. The van der Waals surface area contributed by atoms with Crippen LogP contribution < -0.4 is 4.90 Å². The van der Waals surface area contributed by atoms with Crippen LogP contribution >= 0.6 is 11.6 Å². The van der Waals surface area contributed by atoms with E-state index in [-0.39, 0.29) is 0 Å². The number of halogens is 1. The first-order chi connectivity index (χ1) is 11.8. The molecule has 24 heavy (non-hydrogen) atoms. The maximum Gasteiger partial charge on any atom is 0.139 e. The lowest BCUT2D eigenvalue weighted by molar-refractivity contribution is 0.249. The highest BCUT2D eigenvalue weighted by molar-refractivity contribution is 6.34. The van der Waals surface area contributed by atoms with Gasteiger partial charge in [-0.2, -0.15) is 0 Å². The summed E-state index contributed by atoms with van der Waals surface area (Å²) >= 11 is 6.36. The van der Waals surface area contributed by atoms with Crippen LogP contribution in [0.5, 0.6) is 0 Å². The van der Waals surface area contributed by atoms with Gasteiger partial charge in [0, 0.05) is 50.5 Å². The molecule has 3 heterocycles. The summed E-state index contributed by atoms with van der Waals surface area (Å²) in [6.07, 6.45) is 3.71. The molecule has 0 atom stereocenters. The Hall–Kier alpha value is -2.17. The summed E-state index contributed by atoms with van der Waals surface area (Å²) in [7, 11) is 0. The SMILES string of the molecule is Clc1nc(N2CCN(Cc3ccncc3)CC2)cc2ccccc12. The smallest absolute Gasteiger partial charge is 0.139 e. The van der Waals surface area contributed by atoms with E-state index in [1.165, 1.54) is 5.56 Å². The molecule has 1 aliphatic heterocycles. The van der Waals surface area contributed by atoms with Gasteiger partial charge in [-0.25, -0.2) is 4.98 Å². The predicted octanol–water partition coefficient (Wildman–Crippen LogP) is 3.61. The maximum absolute atomic E-state index is 6.36. The molecule has 4 nitrogen and oxygen atoms in total. The van der Waals surface area contributed by atoms with E-state index >= 15 is 0 Å². The van der Waals surface area contributed by atoms with Crippen molar-refractivity contribution in [3.8, 4) is 0 Å². The molecule has 2 aromatic heterocycles. The molecule has 0 unspecified atom stereocenters. The summed E-state index contributed by atoms with van der Waals surface area (Å²) < 4.78 is 0. The van der Waals surface area contributed by atoms with Gasteiger partial charge >= 0.3 is 0 Å². The molecule has 1 aliphatic rings. The van der Waals surface area contributed by atoms with Crippen LogP contribution in [0.4, 0.5) is 5.82 Å². The van der Waals surface area contributed by atoms with Crippen molar-refractivity contribution in [3.05, 3.63) is 65.6 Å². The van der Waals surface area contributed by atoms with E-state index in [2.05, 4.69) is 44.0 Å². The fraction of sp³-hybridized carbons (Fsp3) is 0.263. The van der Waals surface area contributed by atoms with E-state index in [9.17, 15) is 0 Å². The van der Waals surface area contributed by atoms with Crippen LogP contribution in [-0.2, 0) is 6.54 Å². The molecule has 122 valence electrons. The van der Waals surface area contributed by atoms with E-state index in [4.69, 9.17) is 11.6 Å². The molecular weight excluding hydrogens is 320 g/mol. The number of fused-ring (bicyclic) bond motifs is 1. The number of benzene rings is 1. The molecule has 5 heteroatoms. The van der Waals surface area contributed by atoms with Crippen molar-refractivity contribution in [2.75, 3.05) is 31.1 Å². The topological polar surface area (TPSA) is 32.3 Å². The van der Waals surface area contributed by atoms with Crippen molar-refractivity contribution in [3.63, 3.8) is 0 Å². The largest absolute Gasteiger partial charge is 0.354 e. The summed E-state index contributed by atoms with van der Waals surface area (Å²) in [6.45, 7) is 4.95. The molecule has 1 fully saturated rings. The highest BCUT2D eigenvalue weighted by Gasteiger charge is 2.19. The molecule has 0 spiro atoms. The number of aromatic nitrogens is 2. The molecular formula is C19H19ClN4. The average molecular weight is 339 g/mol. The first kappa shape index (κ1) is 15.4. The summed E-state index contributed by atoms with van der Waals surface area (Å²) in [6, 6.07) is 14.4. The quantitative estimate of drug-likeness (QED) is 0.683. The molecule has 4 rings (SSSR count). The van der Waals surface area contributed by atoms with E-state index in [0.717, 1.165) is 49.3 Å². The van der Waals surface area contributed by atoms with Gasteiger partial charge in [0.05, 0.1) is 0 Å². The normalized spacial score (nSPS) is 15.8. The number of hydrogen-bond acceptors (Lipinski definition) is 4. The molecule has 0 radical (unpaired) electrons. The third-order valence-corrected chi connectivity index (χ3v) is 4.82. The zero-order valence-electron chi connectivity index (χ0n) is 13.4. The predicted molar refractivity (Wildman–Crippen MR) is 98.5 cm³/mol. The Morgan fingerprint density at radius 2 is 1.71 bits per heavy atom. The molecule has 0 aliphatic carbocycles. The number of nitrogens with zero attached hydrogens (tertiary/aromatic N) is 4. The van der Waals surface area contributed by atoms with Gasteiger partial charge in [0.25, 0.3) is 0 Å². The molecule has 3 aromatic rings. The lowest BCUT2D eigenvalue weighted by atomic mass is 10.1. The van der Waals surface area contributed by atoms with Crippen molar-refractivity contribution < 1.29 is 0 Å². The Labute approximate surface area is 146 Å². The first-order valence-corrected chi connectivity index (χ1v) is 8.59. The third-order valence-electron chi connectivity index (χ3n) is 4.53. The molecule has 1 aromatic carbocycles. The second kappa shape index (κ2) is 6.75.